The highest BCUT2D eigenvalue weighted by atomic mass is 16.6. The first kappa shape index (κ1) is 23.6. The molecule has 38 heavy (non-hydrogen) atoms. The van der Waals surface area contributed by atoms with Crippen LogP contribution in [-0.2, 0) is 26.5 Å². The Labute approximate surface area is 220 Å². The summed E-state index contributed by atoms with van der Waals surface area (Å²) in [6.07, 6.45) is 1.20. The number of aromatic amines is 1. The van der Waals surface area contributed by atoms with Crippen molar-refractivity contribution in [3.8, 4) is 22.3 Å². The van der Waals surface area contributed by atoms with Crippen LogP contribution in [-0.4, -0.2) is 17.5 Å². The van der Waals surface area contributed by atoms with Crippen LogP contribution in [0.1, 0.15) is 24.0 Å². The van der Waals surface area contributed by atoms with Gasteiger partial charge >= 0.3 is 6.09 Å². The Kier molecular flexibility index (Phi) is 6.14. The average Bonchev–Trinajstić information content (AvgIpc) is 3.66. The number of rotatable bonds is 8. The van der Waals surface area contributed by atoms with Gasteiger partial charge in [-0.1, -0.05) is 97.1 Å². The SMILES string of the molecule is O=COC1(c2ccc(-c3ccc(-c4c(NC(=O)OCc5ccccc5)[nH]c5ccccc45)cc3)cc2)CC1. The Hall–Kier alpha value is -4.84. The predicted octanol–water partition coefficient (Wildman–Crippen LogP) is 7.41. The first-order chi connectivity index (χ1) is 18.6. The monoisotopic (exact) mass is 502 g/mol. The summed E-state index contributed by atoms with van der Waals surface area (Å²) in [5.41, 5.74) is 6.45. The largest absolute Gasteiger partial charge is 0.456 e. The van der Waals surface area contributed by atoms with E-state index in [0.29, 0.717) is 12.3 Å². The van der Waals surface area contributed by atoms with Crippen LogP contribution in [0.3, 0.4) is 0 Å². The molecule has 0 unspecified atom stereocenters. The lowest BCUT2D eigenvalue weighted by molar-refractivity contribution is -0.136. The van der Waals surface area contributed by atoms with E-state index < -0.39 is 11.7 Å². The van der Waals surface area contributed by atoms with E-state index in [9.17, 15) is 9.59 Å². The number of amides is 1. The molecule has 0 bridgehead atoms. The molecular formula is C32H26N2O4. The number of nitrogens with one attached hydrogen (secondary N) is 2. The highest BCUT2D eigenvalue weighted by molar-refractivity contribution is 6.05. The van der Waals surface area contributed by atoms with Crippen molar-refractivity contribution >= 4 is 29.3 Å². The Morgan fingerprint density at radius 2 is 1.45 bits per heavy atom. The fourth-order valence-electron chi connectivity index (χ4n) is 4.87. The Balaban J connectivity index is 1.24. The van der Waals surface area contributed by atoms with Gasteiger partial charge in [-0.05, 0) is 46.7 Å². The van der Waals surface area contributed by atoms with Gasteiger partial charge in [0.15, 0.2) is 0 Å². The molecule has 4 aromatic carbocycles. The van der Waals surface area contributed by atoms with Crippen molar-refractivity contribution in [2.24, 2.45) is 0 Å². The normalized spacial score (nSPS) is 13.6. The Bertz CT molecular complexity index is 1580. The van der Waals surface area contributed by atoms with Gasteiger partial charge in [0.25, 0.3) is 6.47 Å². The van der Waals surface area contributed by atoms with Crippen LogP contribution in [0.5, 0.6) is 0 Å². The molecule has 1 heterocycles. The van der Waals surface area contributed by atoms with Gasteiger partial charge in [0.05, 0.1) is 0 Å². The van der Waals surface area contributed by atoms with Gasteiger partial charge < -0.3 is 14.5 Å². The molecule has 2 N–H and O–H groups in total. The number of ether oxygens (including phenoxy) is 2. The van der Waals surface area contributed by atoms with Crippen molar-refractivity contribution in [2.75, 3.05) is 5.32 Å². The molecule has 6 heteroatoms. The highest BCUT2D eigenvalue weighted by Crippen LogP contribution is 2.49. The molecule has 5 aromatic rings. The first-order valence-corrected chi connectivity index (χ1v) is 12.6. The Morgan fingerprint density at radius 1 is 0.816 bits per heavy atom. The number of carbonyl (C=O) groups excluding carboxylic acids is 2. The number of carbonyl (C=O) groups is 2. The molecule has 1 saturated carbocycles. The van der Waals surface area contributed by atoms with E-state index in [4.69, 9.17) is 9.47 Å². The van der Waals surface area contributed by atoms with Gasteiger partial charge in [0, 0.05) is 16.5 Å². The highest BCUT2D eigenvalue weighted by Gasteiger charge is 2.46. The zero-order valence-corrected chi connectivity index (χ0v) is 20.6. The molecule has 0 saturated heterocycles. The van der Waals surface area contributed by atoms with Gasteiger partial charge in [0.2, 0.25) is 0 Å². The summed E-state index contributed by atoms with van der Waals surface area (Å²) in [5, 5.41) is 3.91. The third-order valence-corrected chi connectivity index (χ3v) is 7.04. The van der Waals surface area contributed by atoms with E-state index in [1.54, 1.807) is 0 Å². The van der Waals surface area contributed by atoms with Crippen molar-refractivity contribution in [1.29, 1.82) is 0 Å². The first-order valence-electron chi connectivity index (χ1n) is 12.6. The standard InChI is InChI=1S/C32H26N2O4/c35-21-38-32(18-19-32)26-16-14-24(15-17-26)23-10-12-25(13-11-23)29-27-8-4-5-9-28(27)33-30(29)34-31(36)37-20-22-6-2-1-3-7-22/h1-17,21,33H,18-20H2,(H,34,36). The molecular weight excluding hydrogens is 476 g/mol. The quantitative estimate of drug-likeness (QED) is 0.217. The topological polar surface area (TPSA) is 80.4 Å². The lowest BCUT2D eigenvalue weighted by Gasteiger charge is -2.14. The van der Waals surface area contributed by atoms with E-state index in [1.165, 1.54) is 0 Å². The number of aromatic nitrogens is 1. The molecule has 0 atom stereocenters. The lowest BCUT2D eigenvalue weighted by Crippen LogP contribution is -2.14. The Morgan fingerprint density at radius 3 is 2.13 bits per heavy atom. The summed E-state index contributed by atoms with van der Waals surface area (Å²) in [6.45, 7) is 0.731. The van der Waals surface area contributed by atoms with Crippen LogP contribution in [0.2, 0.25) is 0 Å². The second-order valence-corrected chi connectivity index (χ2v) is 9.47. The second kappa shape index (κ2) is 9.90. The van der Waals surface area contributed by atoms with Crippen molar-refractivity contribution in [2.45, 2.75) is 25.0 Å². The fraction of sp³-hybridized carbons (Fsp3) is 0.125. The summed E-state index contributed by atoms with van der Waals surface area (Å²) in [7, 11) is 0. The summed E-state index contributed by atoms with van der Waals surface area (Å²) in [6, 6.07) is 33.9. The number of anilines is 1. The smallest absolute Gasteiger partial charge is 0.413 e. The van der Waals surface area contributed by atoms with Crippen LogP contribution in [0.4, 0.5) is 10.6 Å². The minimum Gasteiger partial charge on any atom is -0.456 e. The molecule has 0 aliphatic heterocycles. The number of H-pyrrole nitrogens is 1. The van der Waals surface area contributed by atoms with Crippen LogP contribution < -0.4 is 5.32 Å². The second-order valence-electron chi connectivity index (χ2n) is 9.47. The summed E-state index contributed by atoms with van der Waals surface area (Å²) >= 11 is 0. The number of hydrogen-bond acceptors (Lipinski definition) is 4. The third-order valence-electron chi connectivity index (χ3n) is 7.04. The van der Waals surface area contributed by atoms with Gasteiger partial charge in [-0.3, -0.25) is 10.1 Å². The van der Waals surface area contributed by atoms with Crippen molar-refractivity contribution < 1.29 is 19.1 Å². The van der Waals surface area contributed by atoms with Gasteiger partial charge in [-0.15, -0.1) is 0 Å². The number of benzene rings is 4. The van der Waals surface area contributed by atoms with E-state index >= 15 is 0 Å². The lowest BCUT2D eigenvalue weighted by atomic mass is 9.97. The third kappa shape index (κ3) is 4.64. The van der Waals surface area contributed by atoms with Crippen molar-refractivity contribution in [1.82, 2.24) is 4.98 Å². The molecule has 1 amide bonds. The molecule has 6 rings (SSSR count). The van der Waals surface area contributed by atoms with E-state index in [1.807, 2.05) is 66.7 Å². The number of fused-ring (bicyclic) bond motifs is 1. The predicted molar refractivity (Wildman–Crippen MR) is 147 cm³/mol. The molecule has 6 nitrogen and oxygen atoms in total. The van der Waals surface area contributed by atoms with Crippen molar-refractivity contribution in [3.63, 3.8) is 0 Å². The molecule has 1 aliphatic carbocycles. The average molecular weight is 503 g/mol. The molecule has 0 spiro atoms. The van der Waals surface area contributed by atoms with Crippen molar-refractivity contribution in [3.05, 3.63) is 114 Å². The van der Waals surface area contributed by atoms with Crippen LogP contribution >= 0.6 is 0 Å². The van der Waals surface area contributed by atoms with Gasteiger partial charge in [-0.25, -0.2) is 4.79 Å². The van der Waals surface area contributed by atoms with Gasteiger partial charge in [-0.2, -0.15) is 0 Å². The van der Waals surface area contributed by atoms with E-state index in [2.05, 4.69) is 46.7 Å². The minimum atomic E-state index is -0.523. The molecule has 0 radical (unpaired) electrons. The summed E-state index contributed by atoms with van der Waals surface area (Å²) in [4.78, 5) is 26.8. The summed E-state index contributed by atoms with van der Waals surface area (Å²) < 4.78 is 10.8. The molecule has 188 valence electrons. The van der Waals surface area contributed by atoms with Crippen LogP contribution in [0.25, 0.3) is 33.2 Å². The van der Waals surface area contributed by atoms with E-state index in [0.717, 1.165) is 57.1 Å². The van der Waals surface area contributed by atoms with E-state index in [-0.39, 0.29) is 6.61 Å². The summed E-state index contributed by atoms with van der Waals surface area (Å²) in [5.74, 6) is 0.589. The maximum Gasteiger partial charge on any atom is 0.413 e. The molecule has 1 aliphatic rings. The van der Waals surface area contributed by atoms with Crippen LogP contribution in [0.15, 0.2) is 103 Å². The number of para-hydroxylation sites is 1. The maximum atomic E-state index is 12.6. The van der Waals surface area contributed by atoms with Gasteiger partial charge in [0.1, 0.15) is 18.0 Å². The number of hydrogen-bond donors (Lipinski definition) is 2. The fourth-order valence-corrected chi connectivity index (χ4v) is 4.87. The minimum absolute atomic E-state index is 0.193. The maximum absolute atomic E-state index is 12.6. The molecule has 1 fully saturated rings. The zero-order valence-electron chi connectivity index (χ0n) is 20.6. The van der Waals surface area contributed by atoms with Crippen LogP contribution in [0, 0.1) is 0 Å². The zero-order chi connectivity index (χ0) is 26.0. The molecule has 1 aromatic heterocycles.